The molecule has 0 spiro atoms. The van der Waals surface area contributed by atoms with Crippen molar-refractivity contribution in [1.82, 2.24) is 4.90 Å². The zero-order valence-corrected chi connectivity index (χ0v) is 15.7. The van der Waals surface area contributed by atoms with Crippen LogP contribution in [0.25, 0.3) is 6.08 Å². The van der Waals surface area contributed by atoms with Crippen LogP contribution in [0.3, 0.4) is 0 Å². The van der Waals surface area contributed by atoms with Gasteiger partial charge < -0.3 is 14.6 Å². The molecular weight excluding hydrogens is 398 g/mol. The highest BCUT2D eigenvalue weighted by Crippen LogP contribution is 2.40. The lowest BCUT2D eigenvalue weighted by Gasteiger charge is -2.27. The van der Waals surface area contributed by atoms with Crippen molar-refractivity contribution in [2.45, 2.75) is 6.54 Å². The van der Waals surface area contributed by atoms with Gasteiger partial charge in [0.25, 0.3) is 0 Å². The SMILES string of the molecule is O=C1/C(=C\c2cccc(Br)c2)Oc2c1ccc(O)c2CN1CCOCC1. The number of ketones is 1. The second kappa shape index (κ2) is 7.23. The predicted octanol–water partition coefficient (Wildman–Crippen LogP) is 3.60. The van der Waals surface area contributed by atoms with Crippen molar-refractivity contribution in [3.8, 4) is 11.5 Å². The number of allylic oxidation sites excluding steroid dienone is 1. The maximum atomic E-state index is 12.7. The third kappa shape index (κ3) is 3.40. The second-order valence-corrected chi connectivity index (χ2v) is 7.24. The van der Waals surface area contributed by atoms with E-state index in [2.05, 4.69) is 20.8 Å². The zero-order chi connectivity index (χ0) is 18.1. The van der Waals surface area contributed by atoms with E-state index in [0.29, 0.717) is 36.6 Å². The van der Waals surface area contributed by atoms with Crippen molar-refractivity contribution < 1.29 is 19.4 Å². The summed E-state index contributed by atoms with van der Waals surface area (Å²) in [6.07, 6.45) is 1.72. The van der Waals surface area contributed by atoms with Gasteiger partial charge in [0.1, 0.15) is 11.5 Å². The maximum absolute atomic E-state index is 12.7. The van der Waals surface area contributed by atoms with Crippen LogP contribution in [0.4, 0.5) is 0 Å². The second-order valence-electron chi connectivity index (χ2n) is 6.32. The molecule has 0 radical (unpaired) electrons. The summed E-state index contributed by atoms with van der Waals surface area (Å²) < 4.78 is 12.2. The van der Waals surface area contributed by atoms with Gasteiger partial charge in [-0.1, -0.05) is 28.1 Å². The molecule has 6 heteroatoms. The van der Waals surface area contributed by atoms with Gasteiger partial charge in [-0.3, -0.25) is 9.69 Å². The Hall–Kier alpha value is -2.15. The summed E-state index contributed by atoms with van der Waals surface area (Å²) in [5, 5.41) is 10.3. The molecule has 5 nitrogen and oxygen atoms in total. The molecule has 1 saturated heterocycles. The normalized spacial score (nSPS) is 18.8. The lowest BCUT2D eigenvalue weighted by molar-refractivity contribution is 0.0336. The molecule has 0 unspecified atom stereocenters. The van der Waals surface area contributed by atoms with Gasteiger partial charge in [0.2, 0.25) is 5.78 Å². The minimum atomic E-state index is -0.164. The Balaban J connectivity index is 1.66. The number of phenols is 1. The van der Waals surface area contributed by atoms with E-state index < -0.39 is 0 Å². The molecule has 4 rings (SSSR count). The molecule has 0 atom stereocenters. The first kappa shape index (κ1) is 17.3. The smallest absolute Gasteiger partial charge is 0.231 e. The maximum Gasteiger partial charge on any atom is 0.231 e. The van der Waals surface area contributed by atoms with Gasteiger partial charge >= 0.3 is 0 Å². The number of ether oxygens (including phenoxy) is 2. The van der Waals surface area contributed by atoms with Crippen molar-refractivity contribution in [3.05, 3.63) is 63.3 Å². The van der Waals surface area contributed by atoms with Crippen molar-refractivity contribution in [1.29, 1.82) is 0 Å². The fourth-order valence-corrected chi connectivity index (χ4v) is 3.60. The Morgan fingerprint density at radius 2 is 2.00 bits per heavy atom. The Morgan fingerprint density at radius 3 is 2.77 bits per heavy atom. The van der Waals surface area contributed by atoms with Gasteiger partial charge in [0, 0.05) is 24.1 Å². The molecule has 1 N–H and O–H groups in total. The van der Waals surface area contributed by atoms with Crippen LogP contribution < -0.4 is 4.74 Å². The van der Waals surface area contributed by atoms with E-state index in [9.17, 15) is 9.90 Å². The number of fused-ring (bicyclic) bond motifs is 1. The van der Waals surface area contributed by atoms with Crippen molar-refractivity contribution in [2.75, 3.05) is 26.3 Å². The Kier molecular flexibility index (Phi) is 4.80. The van der Waals surface area contributed by atoms with Crippen LogP contribution in [0, 0.1) is 0 Å². The Bertz CT molecular complexity index is 887. The van der Waals surface area contributed by atoms with E-state index in [1.807, 2.05) is 24.3 Å². The van der Waals surface area contributed by atoms with Crippen molar-refractivity contribution in [3.63, 3.8) is 0 Å². The quantitative estimate of drug-likeness (QED) is 0.775. The summed E-state index contributed by atoms with van der Waals surface area (Å²) in [6, 6.07) is 10.8. The van der Waals surface area contributed by atoms with Crippen molar-refractivity contribution >= 4 is 27.8 Å². The summed E-state index contributed by atoms with van der Waals surface area (Å²) in [4.78, 5) is 14.9. The standard InChI is InChI=1S/C20H18BrNO4/c21-14-3-1-2-13(10-14)11-18-19(24)15-4-5-17(23)16(20(15)26-18)12-22-6-8-25-9-7-22/h1-5,10-11,23H,6-9,12H2/b18-11+. The molecular formula is C20H18BrNO4. The zero-order valence-electron chi connectivity index (χ0n) is 14.1. The number of hydrogen-bond acceptors (Lipinski definition) is 5. The van der Waals surface area contributed by atoms with Crippen LogP contribution in [0.15, 0.2) is 46.6 Å². The number of rotatable bonds is 3. The molecule has 1 fully saturated rings. The molecule has 2 aromatic rings. The number of carbonyl (C=O) groups is 1. The summed E-state index contributed by atoms with van der Waals surface area (Å²) in [7, 11) is 0. The fraction of sp³-hybridized carbons (Fsp3) is 0.250. The van der Waals surface area contributed by atoms with Crippen LogP contribution in [0.2, 0.25) is 0 Å². The minimum Gasteiger partial charge on any atom is -0.507 e. The molecule has 134 valence electrons. The van der Waals surface area contributed by atoms with E-state index in [1.54, 1.807) is 18.2 Å². The molecule has 2 aliphatic rings. The van der Waals surface area contributed by atoms with Gasteiger partial charge in [0.05, 0.1) is 24.3 Å². The third-order valence-electron chi connectivity index (χ3n) is 4.55. The first-order chi connectivity index (χ1) is 12.6. The summed E-state index contributed by atoms with van der Waals surface area (Å²) >= 11 is 3.43. The number of benzene rings is 2. The van der Waals surface area contributed by atoms with Crippen LogP contribution in [-0.4, -0.2) is 42.1 Å². The molecule has 2 heterocycles. The summed E-state index contributed by atoms with van der Waals surface area (Å²) in [5.74, 6) is 0.713. The number of morpholine rings is 1. The predicted molar refractivity (Wildman–Crippen MR) is 101 cm³/mol. The minimum absolute atomic E-state index is 0.145. The van der Waals surface area contributed by atoms with E-state index in [4.69, 9.17) is 9.47 Å². The van der Waals surface area contributed by atoms with Gasteiger partial charge in [-0.15, -0.1) is 0 Å². The number of carbonyl (C=O) groups excluding carboxylic acids is 1. The number of Topliss-reactive ketones (excluding diaryl/α,β-unsaturated/α-hetero) is 1. The average Bonchev–Trinajstić information content (AvgIpc) is 2.95. The molecule has 0 bridgehead atoms. The van der Waals surface area contributed by atoms with Gasteiger partial charge in [0.15, 0.2) is 5.76 Å². The molecule has 26 heavy (non-hydrogen) atoms. The summed E-state index contributed by atoms with van der Waals surface area (Å²) in [6.45, 7) is 3.44. The molecule has 0 amide bonds. The highest BCUT2D eigenvalue weighted by Gasteiger charge is 2.31. The largest absolute Gasteiger partial charge is 0.507 e. The van der Waals surface area contributed by atoms with E-state index in [-0.39, 0.29) is 17.3 Å². The van der Waals surface area contributed by atoms with E-state index >= 15 is 0 Å². The molecule has 0 aromatic heterocycles. The Morgan fingerprint density at radius 1 is 1.19 bits per heavy atom. The molecule has 2 aliphatic heterocycles. The monoisotopic (exact) mass is 415 g/mol. The number of halogens is 1. The van der Waals surface area contributed by atoms with Crippen LogP contribution >= 0.6 is 15.9 Å². The topological polar surface area (TPSA) is 59.0 Å². The van der Waals surface area contributed by atoms with Gasteiger partial charge in [-0.2, -0.15) is 0 Å². The lowest BCUT2D eigenvalue weighted by Crippen LogP contribution is -2.35. The van der Waals surface area contributed by atoms with Crippen molar-refractivity contribution in [2.24, 2.45) is 0 Å². The van der Waals surface area contributed by atoms with Crippen LogP contribution in [0.5, 0.6) is 11.5 Å². The fourth-order valence-electron chi connectivity index (χ4n) is 3.18. The number of phenolic OH excluding ortho intramolecular Hbond substituents is 1. The number of aromatic hydroxyl groups is 1. The third-order valence-corrected chi connectivity index (χ3v) is 5.04. The number of nitrogens with zero attached hydrogens (tertiary/aromatic N) is 1. The van der Waals surface area contributed by atoms with Crippen LogP contribution in [-0.2, 0) is 11.3 Å². The highest BCUT2D eigenvalue weighted by atomic mass is 79.9. The first-order valence-electron chi connectivity index (χ1n) is 8.46. The Labute approximate surface area is 160 Å². The highest BCUT2D eigenvalue weighted by molar-refractivity contribution is 9.10. The van der Waals surface area contributed by atoms with Gasteiger partial charge in [-0.25, -0.2) is 0 Å². The van der Waals surface area contributed by atoms with Gasteiger partial charge in [-0.05, 0) is 35.9 Å². The first-order valence-corrected chi connectivity index (χ1v) is 9.26. The summed E-state index contributed by atoms with van der Waals surface area (Å²) in [5.41, 5.74) is 2.01. The molecule has 0 saturated carbocycles. The van der Waals surface area contributed by atoms with Crippen LogP contribution in [0.1, 0.15) is 21.5 Å². The molecule has 2 aromatic carbocycles. The molecule has 0 aliphatic carbocycles. The number of hydrogen-bond donors (Lipinski definition) is 1. The van der Waals surface area contributed by atoms with E-state index in [1.165, 1.54) is 0 Å². The lowest BCUT2D eigenvalue weighted by atomic mass is 10.0. The average molecular weight is 416 g/mol. The van der Waals surface area contributed by atoms with E-state index in [0.717, 1.165) is 23.1 Å².